The molecule has 1 aliphatic heterocycles. The Balaban J connectivity index is 1.68. The number of hydrogen-bond donors (Lipinski definition) is 0. The van der Waals surface area contributed by atoms with E-state index in [1.165, 1.54) is 6.07 Å². The van der Waals surface area contributed by atoms with Gasteiger partial charge in [-0.2, -0.15) is 0 Å². The lowest BCUT2D eigenvalue weighted by Gasteiger charge is -2.21. The fourth-order valence-corrected chi connectivity index (χ4v) is 3.46. The molecule has 28 heavy (non-hydrogen) atoms. The first-order chi connectivity index (χ1) is 13.6. The Kier molecular flexibility index (Phi) is 5.06. The van der Waals surface area contributed by atoms with Crippen LogP contribution < -0.4 is 4.74 Å². The van der Waals surface area contributed by atoms with E-state index in [0.29, 0.717) is 12.4 Å². The topological polar surface area (TPSA) is 60.3 Å². The van der Waals surface area contributed by atoms with Crippen molar-refractivity contribution in [1.82, 2.24) is 19.7 Å². The number of benzene rings is 2. The number of nitrogens with zero attached hydrogens (tertiary/aromatic N) is 4. The average molecular weight is 380 g/mol. The third-order valence-corrected chi connectivity index (χ3v) is 4.94. The van der Waals surface area contributed by atoms with E-state index < -0.39 is 5.82 Å². The van der Waals surface area contributed by atoms with Crippen molar-refractivity contribution in [2.75, 3.05) is 6.54 Å². The first-order valence-electron chi connectivity index (χ1n) is 9.33. The molecule has 2 aromatic carbocycles. The molecule has 0 unspecified atom stereocenters. The van der Waals surface area contributed by atoms with E-state index in [4.69, 9.17) is 4.74 Å². The molecule has 1 saturated heterocycles. The highest BCUT2D eigenvalue weighted by Gasteiger charge is 2.30. The number of amides is 1. The summed E-state index contributed by atoms with van der Waals surface area (Å²) in [5.74, 6) is 0.205. The Morgan fingerprint density at radius 2 is 1.89 bits per heavy atom. The number of hydrogen-bond acceptors (Lipinski definition) is 4. The van der Waals surface area contributed by atoms with Gasteiger partial charge in [-0.05, 0) is 44.0 Å². The Hall–Kier alpha value is -3.22. The maximum absolute atomic E-state index is 13.9. The van der Waals surface area contributed by atoms with Gasteiger partial charge >= 0.3 is 0 Å². The Labute approximate surface area is 162 Å². The van der Waals surface area contributed by atoms with Crippen molar-refractivity contribution in [1.29, 1.82) is 0 Å². The zero-order valence-corrected chi connectivity index (χ0v) is 15.6. The van der Waals surface area contributed by atoms with Crippen molar-refractivity contribution >= 4 is 5.91 Å². The predicted molar refractivity (Wildman–Crippen MR) is 102 cm³/mol. The summed E-state index contributed by atoms with van der Waals surface area (Å²) >= 11 is 0. The molecule has 1 amide bonds. The smallest absolute Gasteiger partial charge is 0.292 e. The summed E-state index contributed by atoms with van der Waals surface area (Å²) in [6.45, 7) is 2.74. The van der Waals surface area contributed by atoms with E-state index in [1.807, 2.05) is 42.2 Å². The fourth-order valence-electron chi connectivity index (χ4n) is 3.46. The molecule has 1 atom stereocenters. The van der Waals surface area contributed by atoms with Crippen molar-refractivity contribution in [3.05, 3.63) is 72.1 Å². The van der Waals surface area contributed by atoms with Crippen LogP contribution in [0.25, 0.3) is 5.69 Å². The third-order valence-electron chi connectivity index (χ3n) is 4.94. The minimum absolute atomic E-state index is 0.00827. The monoisotopic (exact) mass is 380 g/mol. The summed E-state index contributed by atoms with van der Waals surface area (Å²) in [6, 6.07) is 15.8. The van der Waals surface area contributed by atoms with Gasteiger partial charge in [-0.25, -0.2) is 4.39 Å². The van der Waals surface area contributed by atoms with Crippen LogP contribution in [0.4, 0.5) is 4.39 Å². The van der Waals surface area contributed by atoms with Crippen LogP contribution in [0.3, 0.4) is 0 Å². The average Bonchev–Trinajstić information content (AvgIpc) is 3.34. The van der Waals surface area contributed by atoms with Crippen LogP contribution >= 0.6 is 0 Å². The molecule has 4 rings (SSSR count). The predicted octanol–water partition coefficient (Wildman–Crippen LogP) is 3.61. The first-order valence-corrected chi connectivity index (χ1v) is 9.33. The van der Waals surface area contributed by atoms with Crippen LogP contribution in [0.15, 0.2) is 54.6 Å². The summed E-state index contributed by atoms with van der Waals surface area (Å²) < 4.78 is 21.2. The van der Waals surface area contributed by atoms with Gasteiger partial charge in [0.25, 0.3) is 5.91 Å². The second-order valence-corrected chi connectivity index (χ2v) is 6.82. The second kappa shape index (κ2) is 7.80. The van der Waals surface area contributed by atoms with Crippen LogP contribution in [-0.4, -0.2) is 38.2 Å². The van der Waals surface area contributed by atoms with E-state index in [9.17, 15) is 9.18 Å². The van der Waals surface area contributed by atoms with E-state index in [2.05, 4.69) is 10.2 Å². The van der Waals surface area contributed by atoms with Crippen LogP contribution in [-0.2, 0) is 6.61 Å². The maximum Gasteiger partial charge on any atom is 0.292 e. The third kappa shape index (κ3) is 3.47. The van der Waals surface area contributed by atoms with E-state index in [1.54, 1.807) is 22.8 Å². The zero-order chi connectivity index (χ0) is 19.5. The van der Waals surface area contributed by atoms with E-state index in [-0.39, 0.29) is 30.1 Å². The molecular formula is C21H21FN4O2. The molecule has 0 spiro atoms. The summed E-state index contributed by atoms with van der Waals surface area (Å²) in [7, 11) is 0. The van der Waals surface area contributed by atoms with Gasteiger partial charge in [0.15, 0.2) is 17.4 Å². The van der Waals surface area contributed by atoms with Crippen molar-refractivity contribution in [3.63, 3.8) is 0 Å². The number of carbonyl (C=O) groups is 1. The van der Waals surface area contributed by atoms with Crippen LogP contribution in [0.2, 0.25) is 0 Å². The van der Waals surface area contributed by atoms with Gasteiger partial charge in [0, 0.05) is 18.3 Å². The normalized spacial score (nSPS) is 16.4. The zero-order valence-electron chi connectivity index (χ0n) is 15.6. The highest BCUT2D eigenvalue weighted by Crippen LogP contribution is 2.22. The number of likely N-dealkylation sites (tertiary alicyclic amines) is 1. The van der Waals surface area contributed by atoms with E-state index in [0.717, 1.165) is 18.5 Å². The van der Waals surface area contributed by atoms with Crippen LogP contribution in [0, 0.1) is 5.82 Å². The minimum Gasteiger partial charge on any atom is -0.483 e. The molecule has 1 aromatic heterocycles. The molecule has 0 radical (unpaired) electrons. The molecule has 1 fully saturated rings. The summed E-state index contributed by atoms with van der Waals surface area (Å²) in [5, 5.41) is 8.33. The number of halogens is 1. The van der Waals surface area contributed by atoms with Gasteiger partial charge < -0.3 is 9.64 Å². The molecule has 3 aromatic rings. The minimum atomic E-state index is -0.449. The van der Waals surface area contributed by atoms with Gasteiger partial charge in [0.2, 0.25) is 5.82 Å². The lowest BCUT2D eigenvalue weighted by molar-refractivity contribution is 0.0732. The van der Waals surface area contributed by atoms with Crippen LogP contribution in [0.5, 0.6) is 5.75 Å². The fraction of sp³-hybridized carbons (Fsp3) is 0.286. The number of rotatable bonds is 5. The first kappa shape index (κ1) is 18.2. The molecule has 6 nitrogen and oxygen atoms in total. The highest BCUT2D eigenvalue weighted by atomic mass is 19.1. The van der Waals surface area contributed by atoms with E-state index >= 15 is 0 Å². The SMILES string of the molecule is C[C@H]1CCCN1C(=O)c1nnc(COc2ccccc2F)n1-c1ccccc1. The quantitative estimate of drug-likeness (QED) is 0.678. The van der Waals surface area contributed by atoms with Gasteiger partial charge in [-0.1, -0.05) is 30.3 Å². The maximum atomic E-state index is 13.9. The Morgan fingerprint density at radius 1 is 1.14 bits per heavy atom. The van der Waals surface area contributed by atoms with Crippen molar-refractivity contribution in [2.24, 2.45) is 0 Å². The number of ether oxygens (including phenoxy) is 1. The van der Waals surface area contributed by atoms with Gasteiger partial charge in [0.1, 0.15) is 6.61 Å². The molecule has 0 bridgehead atoms. The van der Waals surface area contributed by atoms with Crippen LogP contribution in [0.1, 0.15) is 36.2 Å². The highest BCUT2D eigenvalue weighted by molar-refractivity contribution is 5.91. The summed E-state index contributed by atoms with van der Waals surface area (Å²) in [5.41, 5.74) is 0.759. The van der Waals surface area contributed by atoms with Crippen molar-refractivity contribution in [2.45, 2.75) is 32.4 Å². The Bertz CT molecular complexity index is 974. The lowest BCUT2D eigenvalue weighted by atomic mass is 10.2. The number of carbonyl (C=O) groups excluding carboxylic acids is 1. The molecular weight excluding hydrogens is 359 g/mol. The lowest BCUT2D eigenvalue weighted by Crippen LogP contribution is -2.35. The second-order valence-electron chi connectivity index (χ2n) is 6.82. The standard InChI is InChI=1S/C21H21FN4O2/c1-15-8-7-13-25(15)21(27)20-24-23-19(26(20)16-9-3-2-4-10-16)14-28-18-12-6-5-11-17(18)22/h2-6,9-12,15H,7-8,13-14H2,1H3/t15-/m0/s1. The molecule has 0 N–H and O–H groups in total. The van der Waals surface area contributed by atoms with Gasteiger partial charge in [0.05, 0.1) is 0 Å². The van der Waals surface area contributed by atoms with Crippen molar-refractivity contribution < 1.29 is 13.9 Å². The molecule has 2 heterocycles. The number of para-hydroxylation sites is 2. The Morgan fingerprint density at radius 3 is 2.61 bits per heavy atom. The number of aromatic nitrogens is 3. The van der Waals surface area contributed by atoms with Crippen molar-refractivity contribution in [3.8, 4) is 11.4 Å². The molecule has 0 aliphatic carbocycles. The molecule has 0 saturated carbocycles. The van der Waals surface area contributed by atoms with Gasteiger partial charge in [-0.15, -0.1) is 10.2 Å². The summed E-state index contributed by atoms with van der Waals surface area (Å²) in [6.07, 6.45) is 1.96. The molecule has 1 aliphatic rings. The molecule has 7 heteroatoms. The largest absolute Gasteiger partial charge is 0.483 e. The summed E-state index contributed by atoms with van der Waals surface area (Å²) in [4.78, 5) is 14.9. The molecule has 144 valence electrons. The van der Waals surface area contributed by atoms with Gasteiger partial charge in [-0.3, -0.25) is 9.36 Å².